The SMILES string of the molecule is CC1=C(C(=O)Nc2ccccc2C(F)(F)F)[C@@H](c2ccc(Cl)cc2)NC(=S)N1. The molecule has 3 rings (SSSR count). The summed E-state index contributed by atoms with van der Waals surface area (Å²) in [6, 6.07) is 10.9. The van der Waals surface area contributed by atoms with Gasteiger partial charge in [-0.2, -0.15) is 13.2 Å². The zero-order chi connectivity index (χ0) is 20.5. The summed E-state index contributed by atoms with van der Waals surface area (Å²) >= 11 is 11.1. The Morgan fingerprint density at radius 2 is 1.79 bits per heavy atom. The van der Waals surface area contributed by atoms with Crippen LogP contribution in [0.15, 0.2) is 59.8 Å². The van der Waals surface area contributed by atoms with Crippen LogP contribution < -0.4 is 16.0 Å². The number of anilines is 1. The molecule has 2 aromatic rings. The fourth-order valence-electron chi connectivity index (χ4n) is 2.93. The normalized spacial score (nSPS) is 17.0. The molecule has 146 valence electrons. The molecule has 0 unspecified atom stereocenters. The zero-order valence-corrected chi connectivity index (χ0v) is 16.1. The van der Waals surface area contributed by atoms with Gasteiger partial charge in [0.1, 0.15) is 0 Å². The van der Waals surface area contributed by atoms with Gasteiger partial charge in [-0.1, -0.05) is 35.9 Å². The third-order valence-corrected chi connectivity index (χ3v) is 4.67. The van der Waals surface area contributed by atoms with E-state index in [9.17, 15) is 18.0 Å². The third-order valence-electron chi connectivity index (χ3n) is 4.20. The van der Waals surface area contributed by atoms with Crippen molar-refractivity contribution < 1.29 is 18.0 Å². The van der Waals surface area contributed by atoms with Crippen molar-refractivity contribution in [3.8, 4) is 0 Å². The number of amides is 1. The number of alkyl halides is 3. The van der Waals surface area contributed by atoms with Crippen molar-refractivity contribution in [2.75, 3.05) is 5.32 Å². The summed E-state index contributed by atoms with van der Waals surface area (Å²) in [5, 5.41) is 9.03. The van der Waals surface area contributed by atoms with Gasteiger partial charge in [-0.25, -0.2) is 0 Å². The number of carbonyl (C=O) groups is 1. The molecule has 0 bridgehead atoms. The van der Waals surface area contributed by atoms with Crippen LogP contribution in [-0.4, -0.2) is 11.0 Å². The predicted molar refractivity (Wildman–Crippen MR) is 106 cm³/mol. The highest BCUT2D eigenvalue weighted by molar-refractivity contribution is 7.80. The van der Waals surface area contributed by atoms with E-state index in [4.69, 9.17) is 23.8 Å². The van der Waals surface area contributed by atoms with Crippen molar-refractivity contribution in [3.05, 3.63) is 76.0 Å². The van der Waals surface area contributed by atoms with Gasteiger partial charge in [-0.15, -0.1) is 0 Å². The summed E-state index contributed by atoms with van der Waals surface area (Å²) in [7, 11) is 0. The summed E-state index contributed by atoms with van der Waals surface area (Å²) in [5.41, 5.74) is 0.139. The number of allylic oxidation sites excluding steroid dienone is 1. The molecule has 2 aromatic carbocycles. The van der Waals surface area contributed by atoms with Crippen LogP contribution in [-0.2, 0) is 11.0 Å². The first-order valence-corrected chi connectivity index (χ1v) is 8.97. The van der Waals surface area contributed by atoms with Crippen LogP contribution in [0.1, 0.15) is 24.1 Å². The molecule has 9 heteroatoms. The van der Waals surface area contributed by atoms with Crippen LogP contribution in [0.4, 0.5) is 18.9 Å². The lowest BCUT2D eigenvalue weighted by atomic mass is 9.95. The lowest BCUT2D eigenvalue weighted by Gasteiger charge is -2.30. The van der Waals surface area contributed by atoms with Crippen molar-refractivity contribution in [3.63, 3.8) is 0 Å². The summed E-state index contributed by atoms with van der Waals surface area (Å²) in [4.78, 5) is 12.9. The number of para-hydroxylation sites is 1. The first kappa shape index (κ1) is 20.2. The quantitative estimate of drug-likeness (QED) is 0.619. The summed E-state index contributed by atoms with van der Waals surface area (Å²) < 4.78 is 39.7. The third kappa shape index (κ3) is 4.28. The first-order chi connectivity index (χ1) is 13.2. The maximum atomic E-state index is 13.2. The number of hydrogen-bond acceptors (Lipinski definition) is 2. The molecule has 1 aliphatic heterocycles. The smallest absolute Gasteiger partial charge is 0.351 e. The molecule has 0 fully saturated rings. The van der Waals surface area contributed by atoms with E-state index < -0.39 is 23.7 Å². The lowest BCUT2D eigenvalue weighted by Crippen LogP contribution is -2.45. The topological polar surface area (TPSA) is 53.2 Å². The zero-order valence-electron chi connectivity index (χ0n) is 14.5. The number of rotatable bonds is 3. The summed E-state index contributed by atoms with van der Waals surface area (Å²) in [6.07, 6.45) is -4.59. The Morgan fingerprint density at radius 3 is 2.43 bits per heavy atom. The van der Waals surface area contributed by atoms with Crippen molar-refractivity contribution in [1.82, 2.24) is 10.6 Å². The van der Waals surface area contributed by atoms with Crippen LogP contribution in [0.2, 0.25) is 5.02 Å². The van der Waals surface area contributed by atoms with Gasteiger partial charge < -0.3 is 16.0 Å². The lowest BCUT2D eigenvalue weighted by molar-refractivity contribution is -0.137. The Kier molecular flexibility index (Phi) is 5.62. The van der Waals surface area contributed by atoms with Crippen LogP contribution in [0.5, 0.6) is 0 Å². The van der Waals surface area contributed by atoms with E-state index >= 15 is 0 Å². The van der Waals surface area contributed by atoms with E-state index in [1.165, 1.54) is 18.2 Å². The van der Waals surface area contributed by atoms with Crippen LogP contribution in [0.3, 0.4) is 0 Å². The monoisotopic (exact) mass is 425 g/mol. The Labute approximate surface area is 169 Å². The molecule has 1 aliphatic rings. The number of carbonyl (C=O) groups excluding carboxylic acids is 1. The Bertz CT molecular complexity index is 958. The van der Waals surface area contributed by atoms with Crippen LogP contribution in [0.25, 0.3) is 0 Å². The minimum atomic E-state index is -4.59. The number of thiocarbonyl (C=S) groups is 1. The molecule has 1 heterocycles. The standard InChI is InChI=1S/C19H15ClF3N3OS/c1-10-15(16(26-18(28)24-10)11-6-8-12(20)9-7-11)17(27)25-14-5-3-2-4-13(14)19(21,22)23/h2-9,16H,1H3,(H,25,27)(H2,24,26,28)/t16-/m1/s1. The van der Waals surface area contributed by atoms with E-state index in [2.05, 4.69) is 16.0 Å². The minimum absolute atomic E-state index is 0.230. The highest BCUT2D eigenvalue weighted by Gasteiger charge is 2.35. The second-order valence-corrected chi connectivity index (χ2v) is 6.96. The van der Waals surface area contributed by atoms with Crippen molar-refractivity contribution >= 4 is 40.5 Å². The van der Waals surface area contributed by atoms with Gasteiger partial charge >= 0.3 is 6.18 Å². The second kappa shape index (κ2) is 7.81. The van der Waals surface area contributed by atoms with Crippen LogP contribution >= 0.6 is 23.8 Å². The molecule has 0 aliphatic carbocycles. The van der Waals surface area contributed by atoms with Gasteiger partial charge in [0, 0.05) is 10.7 Å². The number of nitrogens with one attached hydrogen (secondary N) is 3. The van der Waals surface area contributed by atoms with Gasteiger partial charge in [0.15, 0.2) is 5.11 Å². The number of halogens is 4. The van der Waals surface area contributed by atoms with Crippen molar-refractivity contribution in [2.24, 2.45) is 0 Å². The maximum Gasteiger partial charge on any atom is 0.418 e. The van der Waals surface area contributed by atoms with Gasteiger partial charge in [-0.05, 0) is 49.0 Å². The summed E-state index contributed by atoms with van der Waals surface area (Å²) in [6.45, 7) is 1.64. The molecular formula is C19H15ClF3N3OS. The largest absolute Gasteiger partial charge is 0.418 e. The Balaban J connectivity index is 1.98. The highest BCUT2D eigenvalue weighted by atomic mass is 35.5. The fourth-order valence-corrected chi connectivity index (χ4v) is 3.33. The molecule has 28 heavy (non-hydrogen) atoms. The minimum Gasteiger partial charge on any atom is -0.351 e. The van der Waals surface area contributed by atoms with E-state index in [1.807, 2.05) is 0 Å². The molecule has 0 aromatic heterocycles. The molecule has 3 N–H and O–H groups in total. The predicted octanol–water partition coefficient (Wildman–Crippen LogP) is 4.79. The molecule has 0 spiro atoms. The summed E-state index contributed by atoms with van der Waals surface area (Å²) in [5.74, 6) is -0.670. The number of benzene rings is 2. The molecule has 4 nitrogen and oxygen atoms in total. The van der Waals surface area contributed by atoms with Gasteiger partial charge in [0.2, 0.25) is 0 Å². The first-order valence-electron chi connectivity index (χ1n) is 8.18. The van der Waals surface area contributed by atoms with Gasteiger partial charge in [0.05, 0.1) is 22.9 Å². The van der Waals surface area contributed by atoms with Crippen LogP contribution in [0, 0.1) is 0 Å². The molecule has 1 amide bonds. The molecule has 0 saturated heterocycles. The Hall–Kier alpha value is -2.58. The molecule has 0 saturated carbocycles. The number of hydrogen-bond donors (Lipinski definition) is 3. The van der Waals surface area contributed by atoms with Gasteiger partial charge in [0.25, 0.3) is 5.91 Å². The van der Waals surface area contributed by atoms with E-state index in [0.717, 1.165) is 6.07 Å². The molecular weight excluding hydrogens is 411 g/mol. The van der Waals surface area contributed by atoms with E-state index in [1.54, 1.807) is 31.2 Å². The molecule has 0 radical (unpaired) electrons. The fraction of sp³-hybridized carbons (Fsp3) is 0.158. The maximum absolute atomic E-state index is 13.2. The average molecular weight is 426 g/mol. The van der Waals surface area contributed by atoms with E-state index in [-0.39, 0.29) is 11.3 Å². The molecule has 1 atom stereocenters. The highest BCUT2D eigenvalue weighted by Crippen LogP contribution is 2.35. The van der Waals surface area contributed by atoms with Crippen molar-refractivity contribution in [2.45, 2.75) is 19.1 Å². The second-order valence-electron chi connectivity index (χ2n) is 6.12. The van der Waals surface area contributed by atoms with E-state index in [0.29, 0.717) is 21.4 Å². The Morgan fingerprint density at radius 1 is 1.14 bits per heavy atom. The average Bonchev–Trinajstić information content (AvgIpc) is 2.61. The van der Waals surface area contributed by atoms with Gasteiger partial charge in [-0.3, -0.25) is 4.79 Å². The van der Waals surface area contributed by atoms with Crippen molar-refractivity contribution in [1.29, 1.82) is 0 Å².